The molecular formula is C15H18N2O3. The van der Waals surface area contributed by atoms with Crippen molar-refractivity contribution in [2.75, 3.05) is 25.7 Å². The monoisotopic (exact) mass is 274 g/mol. The zero-order chi connectivity index (χ0) is 14.7. The number of carbonyl (C=O) groups is 1. The van der Waals surface area contributed by atoms with Gasteiger partial charge in [-0.1, -0.05) is 18.2 Å². The normalized spacial score (nSPS) is 12.3. The lowest BCUT2D eigenvalue weighted by Gasteiger charge is -2.26. The molecule has 2 rings (SSSR count). The Morgan fingerprint density at radius 2 is 2.15 bits per heavy atom. The van der Waals surface area contributed by atoms with Crippen LogP contribution in [-0.2, 0) is 4.74 Å². The van der Waals surface area contributed by atoms with Crippen LogP contribution in [0.1, 0.15) is 17.3 Å². The smallest absolute Gasteiger partial charge is 0.339 e. The van der Waals surface area contributed by atoms with Crippen molar-refractivity contribution in [1.82, 2.24) is 4.98 Å². The van der Waals surface area contributed by atoms with Crippen LogP contribution in [0.4, 0.5) is 5.82 Å². The van der Waals surface area contributed by atoms with E-state index in [1.54, 1.807) is 13.2 Å². The second kappa shape index (κ2) is 5.88. The molecule has 2 aromatic rings. The fraction of sp³-hybridized carbons (Fsp3) is 0.333. The van der Waals surface area contributed by atoms with Gasteiger partial charge in [0.2, 0.25) is 0 Å². The Bertz CT molecular complexity index is 628. The molecule has 0 amide bonds. The van der Waals surface area contributed by atoms with Crippen molar-refractivity contribution in [3.63, 3.8) is 0 Å². The van der Waals surface area contributed by atoms with E-state index >= 15 is 0 Å². The summed E-state index contributed by atoms with van der Waals surface area (Å²) in [6.07, 6.45) is 0. The van der Waals surface area contributed by atoms with Gasteiger partial charge in [0.05, 0.1) is 18.2 Å². The molecule has 106 valence electrons. The molecule has 5 nitrogen and oxygen atoms in total. The largest absolute Gasteiger partial charge is 0.478 e. The van der Waals surface area contributed by atoms with E-state index in [1.165, 1.54) is 0 Å². The Balaban J connectivity index is 2.54. The summed E-state index contributed by atoms with van der Waals surface area (Å²) in [6, 6.07) is 9.18. The maximum Gasteiger partial charge on any atom is 0.339 e. The molecular weight excluding hydrogens is 256 g/mol. The van der Waals surface area contributed by atoms with Gasteiger partial charge in [-0.3, -0.25) is 0 Å². The Morgan fingerprint density at radius 3 is 2.80 bits per heavy atom. The zero-order valence-electron chi connectivity index (χ0n) is 11.8. The number of ether oxygens (including phenoxy) is 1. The van der Waals surface area contributed by atoms with Crippen molar-refractivity contribution < 1.29 is 14.6 Å². The minimum atomic E-state index is -0.977. The Kier molecular flexibility index (Phi) is 4.20. The number of likely N-dealkylation sites (N-methyl/N-ethyl adjacent to an activating group) is 1. The Hall–Kier alpha value is -2.14. The van der Waals surface area contributed by atoms with Gasteiger partial charge < -0.3 is 14.7 Å². The fourth-order valence-electron chi connectivity index (χ4n) is 2.09. The average Bonchev–Trinajstić information content (AvgIpc) is 2.45. The van der Waals surface area contributed by atoms with Gasteiger partial charge in [0, 0.05) is 19.5 Å². The maximum atomic E-state index is 11.5. The summed E-state index contributed by atoms with van der Waals surface area (Å²) < 4.78 is 5.12. The van der Waals surface area contributed by atoms with Crippen molar-refractivity contribution >= 4 is 22.7 Å². The number of fused-ring (bicyclic) bond motifs is 1. The van der Waals surface area contributed by atoms with E-state index in [9.17, 15) is 9.90 Å². The maximum absolute atomic E-state index is 11.5. The molecule has 0 aliphatic rings. The summed E-state index contributed by atoms with van der Waals surface area (Å²) >= 11 is 0. The van der Waals surface area contributed by atoms with E-state index in [4.69, 9.17) is 4.74 Å². The topological polar surface area (TPSA) is 62.7 Å². The molecule has 0 spiro atoms. The first kappa shape index (κ1) is 14.3. The van der Waals surface area contributed by atoms with Crippen LogP contribution in [0.3, 0.4) is 0 Å². The lowest BCUT2D eigenvalue weighted by Crippen LogP contribution is -2.34. The molecule has 0 saturated carbocycles. The molecule has 0 bridgehead atoms. The van der Waals surface area contributed by atoms with E-state index in [2.05, 4.69) is 4.98 Å². The van der Waals surface area contributed by atoms with E-state index in [-0.39, 0.29) is 11.6 Å². The first-order chi connectivity index (χ1) is 9.54. The number of rotatable bonds is 5. The number of para-hydroxylation sites is 1. The van der Waals surface area contributed by atoms with Gasteiger partial charge in [-0.15, -0.1) is 0 Å². The summed E-state index contributed by atoms with van der Waals surface area (Å²) in [6.45, 7) is 2.47. The third kappa shape index (κ3) is 2.72. The highest BCUT2D eigenvalue weighted by Gasteiger charge is 2.20. The molecule has 5 heteroatoms. The van der Waals surface area contributed by atoms with Gasteiger partial charge in [0.15, 0.2) is 0 Å². The molecule has 0 radical (unpaired) electrons. The predicted octanol–water partition coefficient (Wildman–Crippen LogP) is 2.40. The zero-order valence-corrected chi connectivity index (χ0v) is 11.8. The van der Waals surface area contributed by atoms with Gasteiger partial charge >= 0.3 is 5.97 Å². The van der Waals surface area contributed by atoms with Gasteiger partial charge in [0.1, 0.15) is 11.4 Å². The lowest BCUT2D eigenvalue weighted by molar-refractivity contribution is 0.0697. The van der Waals surface area contributed by atoms with Crippen LogP contribution in [0.25, 0.3) is 10.9 Å². The first-order valence-corrected chi connectivity index (χ1v) is 6.39. The first-order valence-electron chi connectivity index (χ1n) is 6.39. The number of pyridine rings is 1. The van der Waals surface area contributed by atoms with E-state index in [0.29, 0.717) is 12.4 Å². The molecule has 1 unspecified atom stereocenters. The Labute approximate surface area is 117 Å². The molecule has 0 aliphatic carbocycles. The molecule has 1 heterocycles. The standard InChI is InChI=1S/C15H18N2O3/c1-10(9-20-3)17(2)14-12(15(18)19)8-11-6-4-5-7-13(11)16-14/h4-8,10H,9H2,1-3H3,(H,18,19). The SMILES string of the molecule is COCC(C)N(C)c1nc2ccccc2cc1C(=O)O. The third-order valence-corrected chi connectivity index (χ3v) is 3.34. The van der Waals surface area contributed by atoms with Crippen LogP contribution < -0.4 is 4.90 Å². The van der Waals surface area contributed by atoms with Crippen molar-refractivity contribution in [2.24, 2.45) is 0 Å². The third-order valence-electron chi connectivity index (χ3n) is 3.34. The number of aromatic nitrogens is 1. The van der Waals surface area contributed by atoms with Crippen LogP contribution in [0.5, 0.6) is 0 Å². The highest BCUT2D eigenvalue weighted by Crippen LogP contribution is 2.24. The lowest BCUT2D eigenvalue weighted by atomic mass is 10.1. The van der Waals surface area contributed by atoms with E-state index < -0.39 is 5.97 Å². The summed E-state index contributed by atoms with van der Waals surface area (Å²) in [5.41, 5.74) is 0.984. The van der Waals surface area contributed by atoms with E-state index in [0.717, 1.165) is 10.9 Å². The van der Waals surface area contributed by atoms with Gasteiger partial charge in [0.25, 0.3) is 0 Å². The quantitative estimate of drug-likeness (QED) is 0.907. The van der Waals surface area contributed by atoms with Gasteiger partial charge in [-0.05, 0) is 19.1 Å². The minimum absolute atomic E-state index is 0.0340. The van der Waals surface area contributed by atoms with Crippen molar-refractivity contribution in [1.29, 1.82) is 0 Å². The van der Waals surface area contributed by atoms with Gasteiger partial charge in [-0.2, -0.15) is 0 Å². The van der Waals surface area contributed by atoms with Crippen LogP contribution in [0.15, 0.2) is 30.3 Å². The Morgan fingerprint density at radius 1 is 1.45 bits per heavy atom. The molecule has 1 N–H and O–H groups in total. The molecule has 1 atom stereocenters. The average molecular weight is 274 g/mol. The summed E-state index contributed by atoms with van der Waals surface area (Å²) in [5.74, 6) is -0.518. The summed E-state index contributed by atoms with van der Waals surface area (Å²) in [4.78, 5) is 17.8. The number of hydrogen-bond acceptors (Lipinski definition) is 4. The highest BCUT2D eigenvalue weighted by molar-refractivity contribution is 5.98. The summed E-state index contributed by atoms with van der Waals surface area (Å²) in [7, 11) is 3.45. The molecule has 1 aromatic carbocycles. The fourth-order valence-corrected chi connectivity index (χ4v) is 2.09. The number of methoxy groups -OCH3 is 1. The number of carboxylic acid groups (broad SMARTS) is 1. The number of hydrogen-bond donors (Lipinski definition) is 1. The van der Waals surface area contributed by atoms with Crippen molar-refractivity contribution in [3.05, 3.63) is 35.9 Å². The number of nitrogens with zero attached hydrogens (tertiary/aromatic N) is 2. The highest BCUT2D eigenvalue weighted by atomic mass is 16.5. The molecule has 1 aromatic heterocycles. The van der Waals surface area contributed by atoms with Crippen LogP contribution in [-0.4, -0.2) is 42.9 Å². The number of aromatic carboxylic acids is 1. The number of carboxylic acids is 1. The summed E-state index contributed by atoms with van der Waals surface area (Å²) in [5, 5.41) is 10.2. The molecule has 0 aliphatic heterocycles. The predicted molar refractivity (Wildman–Crippen MR) is 78.4 cm³/mol. The molecule has 0 fully saturated rings. The number of benzene rings is 1. The second-order valence-corrected chi connectivity index (χ2v) is 4.77. The van der Waals surface area contributed by atoms with Crippen LogP contribution in [0, 0.1) is 0 Å². The van der Waals surface area contributed by atoms with Crippen LogP contribution in [0.2, 0.25) is 0 Å². The van der Waals surface area contributed by atoms with Crippen molar-refractivity contribution in [3.8, 4) is 0 Å². The second-order valence-electron chi connectivity index (χ2n) is 4.77. The van der Waals surface area contributed by atoms with Crippen molar-refractivity contribution in [2.45, 2.75) is 13.0 Å². The number of anilines is 1. The van der Waals surface area contributed by atoms with Crippen LogP contribution >= 0.6 is 0 Å². The van der Waals surface area contributed by atoms with Gasteiger partial charge in [-0.25, -0.2) is 9.78 Å². The minimum Gasteiger partial charge on any atom is -0.478 e. The molecule has 20 heavy (non-hydrogen) atoms. The molecule has 0 saturated heterocycles. The van der Waals surface area contributed by atoms with E-state index in [1.807, 2.05) is 43.1 Å².